The molecule has 0 bridgehead atoms. The van der Waals surface area contributed by atoms with Crippen molar-refractivity contribution in [2.75, 3.05) is 0 Å². The molecule has 0 aliphatic carbocycles. The number of thiophene rings is 2. The monoisotopic (exact) mass is 385 g/mol. The average molecular weight is 385 g/mol. The highest BCUT2D eigenvalue weighted by Crippen LogP contribution is 2.44. The molecule has 3 aromatic heterocycles. The second-order valence-corrected chi connectivity index (χ2v) is 7.38. The van der Waals surface area contributed by atoms with Crippen LogP contribution in [0, 0.1) is 11.6 Å². The first-order valence-corrected chi connectivity index (χ1v) is 9.65. The number of aliphatic hydroxyl groups excluding tert-OH is 1. The first kappa shape index (κ1) is 17.0. The molecule has 0 aliphatic rings. The van der Waals surface area contributed by atoms with Crippen LogP contribution in [-0.4, -0.2) is 10.1 Å². The van der Waals surface area contributed by atoms with E-state index in [1.807, 2.05) is 22.2 Å². The molecule has 1 unspecified atom stereocenters. The summed E-state index contributed by atoms with van der Waals surface area (Å²) < 4.78 is 27.7. The topological polar surface area (TPSA) is 33.1 Å². The smallest absolute Gasteiger partial charge is 0.134 e. The minimum Gasteiger partial charge on any atom is -0.384 e. The molecule has 1 atom stereocenters. The number of pyridine rings is 1. The highest BCUT2D eigenvalue weighted by Gasteiger charge is 2.24. The highest BCUT2D eigenvalue weighted by atomic mass is 32.1. The van der Waals surface area contributed by atoms with Crippen molar-refractivity contribution in [3.05, 3.63) is 87.7 Å². The summed E-state index contributed by atoms with van der Waals surface area (Å²) in [6.45, 7) is 0. The number of nitrogens with zero attached hydrogens (tertiary/aromatic N) is 1. The second kappa shape index (κ2) is 7.07. The Hall–Kier alpha value is -2.41. The third kappa shape index (κ3) is 3.07. The number of rotatable bonds is 4. The lowest BCUT2D eigenvalue weighted by Crippen LogP contribution is -2.02. The summed E-state index contributed by atoms with van der Waals surface area (Å²) in [7, 11) is 0. The zero-order chi connectivity index (χ0) is 18.1. The molecule has 0 aliphatic heterocycles. The minimum atomic E-state index is -0.968. The van der Waals surface area contributed by atoms with Crippen molar-refractivity contribution < 1.29 is 13.9 Å². The first-order valence-electron chi connectivity index (χ1n) is 7.82. The molecule has 0 saturated carbocycles. The molecule has 0 spiro atoms. The van der Waals surface area contributed by atoms with E-state index >= 15 is 0 Å². The Labute approximate surface area is 157 Å². The van der Waals surface area contributed by atoms with Crippen LogP contribution in [0.25, 0.3) is 21.6 Å². The number of aromatic nitrogens is 1. The first-order chi connectivity index (χ1) is 12.6. The fraction of sp³-hybridized carbons (Fsp3) is 0.0500. The Morgan fingerprint density at radius 3 is 2.62 bits per heavy atom. The molecular formula is C20H13F2NOS2. The van der Waals surface area contributed by atoms with E-state index in [1.165, 1.54) is 23.5 Å². The minimum absolute atomic E-state index is 0.274. The molecule has 2 nitrogen and oxygen atoms in total. The summed E-state index contributed by atoms with van der Waals surface area (Å²) in [5.41, 5.74) is 3.29. The van der Waals surface area contributed by atoms with Gasteiger partial charge in [-0.1, -0.05) is 6.07 Å². The van der Waals surface area contributed by atoms with Crippen molar-refractivity contribution in [2.45, 2.75) is 6.10 Å². The van der Waals surface area contributed by atoms with Gasteiger partial charge < -0.3 is 5.11 Å². The molecule has 4 aromatic rings. The number of aliphatic hydroxyl groups is 1. The lowest BCUT2D eigenvalue weighted by molar-refractivity contribution is 0.221. The highest BCUT2D eigenvalue weighted by molar-refractivity contribution is 7.14. The molecule has 0 amide bonds. The largest absolute Gasteiger partial charge is 0.384 e. The van der Waals surface area contributed by atoms with E-state index in [9.17, 15) is 13.9 Å². The molecule has 1 aromatic carbocycles. The van der Waals surface area contributed by atoms with Crippen molar-refractivity contribution in [3.8, 4) is 21.6 Å². The maximum atomic E-state index is 14.4. The summed E-state index contributed by atoms with van der Waals surface area (Å²) in [6, 6.07) is 8.97. The van der Waals surface area contributed by atoms with Gasteiger partial charge in [-0.25, -0.2) is 8.78 Å². The fourth-order valence-corrected chi connectivity index (χ4v) is 4.66. The normalized spacial score (nSPS) is 12.3. The molecule has 4 rings (SSSR count). The van der Waals surface area contributed by atoms with Gasteiger partial charge in [0.25, 0.3) is 0 Å². The molecule has 0 saturated heterocycles. The lowest BCUT2D eigenvalue weighted by atomic mass is 9.94. The Kier molecular flexibility index (Phi) is 4.63. The van der Waals surface area contributed by atoms with Crippen LogP contribution in [0.2, 0.25) is 0 Å². The maximum Gasteiger partial charge on any atom is 0.134 e. The van der Waals surface area contributed by atoms with Crippen molar-refractivity contribution in [2.24, 2.45) is 0 Å². The van der Waals surface area contributed by atoms with E-state index in [0.29, 0.717) is 16.0 Å². The molecular weight excluding hydrogens is 372 g/mol. The van der Waals surface area contributed by atoms with Crippen molar-refractivity contribution in [1.29, 1.82) is 0 Å². The van der Waals surface area contributed by atoms with Gasteiger partial charge in [0.2, 0.25) is 0 Å². The quantitative estimate of drug-likeness (QED) is 0.474. The van der Waals surface area contributed by atoms with Crippen molar-refractivity contribution in [1.82, 2.24) is 4.98 Å². The molecule has 0 radical (unpaired) electrons. The lowest BCUT2D eigenvalue weighted by Gasteiger charge is -2.15. The molecule has 3 heterocycles. The van der Waals surface area contributed by atoms with E-state index in [0.717, 1.165) is 17.2 Å². The Balaban J connectivity index is 1.93. The number of halogens is 2. The third-order valence-corrected chi connectivity index (χ3v) is 5.82. The van der Waals surface area contributed by atoms with Gasteiger partial charge in [-0.3, -0.25) is 4.98 Å². The summed E-state index contributed by atoms with van der Waals surface area (Å²) >= 11 is 2.88. The maximum absolute atomic E-state index is 14.4. The van der Waals surface area contributed by atoms with Crippen molar-refractivity contribution in [3.63, 3.8) is 0 Å². The zero-order valence-electron chi connectivity index (χ0n) is 13.4. The van der Waals surface area contributed by atoms with E-state index in [2.05, 4.69) is 4.98 Å². The standard InChI is InChI=1S/C20H13F2NOS2/c21-14-3-4-15(17(22)8-14)20-18(19(24)12-2-1-6-23-9-12)16(11-26-20)13-5-7-25-10-13/h1-11,19,24H. The van der Waals surface area contributed by atoms with Crippen molar-refractivity contribution >= 4 is 22.7 Å². The van der Waals surface area contributed by atoms with Crippen LogP contribution in [-0.2, 0) is 0 Å². The van der Waals surface area contributed by atoms with E-state index in [-0.39, 0.29) is 5.56 Å². The second-order valence-electron chi connectivity index (χ2n) is 5.72. The Morgan fingerprint density at radius 1 is 1.04 bits per heavy atom. The van der Waals surface area contributed by atoms with E-state index < -0.39 is 17.7 Å². The van der Waals surface area contributed by atoms with Crippen LogP contribution in [0.3, 0.4) is 0 Å². The summed E-state index contributed by atoms with van der Waals surface area (Å²) in [4.78, 5) is 4.64. The molecule has 6 heteroatoms. The SMILES string of the molecule is OC(c1cccnc1)c1c(-c2ccsc2)csc1-c1ccc(F)cc1F. The van der Waals surface area contributed by atoms with Crippen LogP contribution < -0.4 is 0 Å². The Morgan fingerprint density at radius 2 is 1.92 bits per heavy atom. The van der Waals surface area contributed by atoms with Gasteiger partial charge in [0, 0.05) is 40.0 Å². The average Bonchev–Trinajstić information content (AvgIpc) is 3.31. The predicted octanol–water partition coefficient (Wildman–Crippen LogP) is 5.90. The summed E-state index contributed by atoms with van der Waals surface area (Å²) in [6.07, 6.45) is 2.25. The van der Waals surface area contributed by atoms with Crippen LogP contribution in [0.15, 0.2) is 64.9 Å². The van der Waals surface area contributed by atoms with Gasteiger partial charge in [-0.05, 0) is 51.5 Å². The van der Waals surface area contributed by atoms with Gasteiger partial charge in [-0.2, -0.15) is 11.3 Å². The third-order valence-electron chi connectivity index (χ3n) is 4.11. The van der Waals surface area contributed by atoms with Crippen LogP contribution >= 0.6 is 22.7 Å². The number of hydrogen-bond acceptors (Lipinski definition) is 4. The summed E-state index contributed by atoms with van der Waals surface area (Å²) in [5, 5.41) is 16.8. The van der Waals surface area contributed by atoms with Gasteiger partial charge in [0.15, 0.2) is 0 Å². The van der Waals surface area contributed by atoms with Crippen LogP contribution in [0.1, 0.15) is 17.2 Å². The number of benzene rings is 1. The van der Waals surface area contributed by atoms with Gasteiger partial charge in [0.1, 0.15) is 17.7 Å². The molecule has 130 valence electrons. The molecule has 1 N–H and O–H groups in total. The van der Waals surface area contributed by atoms with Gasteiger partial charge >= 0.3 is 0 Å². The van der Waals surface area contributed by atoms with Crippen LogP contribution in [0.5, 0.6) is 0 Å². The molecule has 26 heavy (non-hydrogen) atoms. The van der Waals surface area contributed by atoms with Gasteiger partial charge in [-0.15, -0.1) is 11.3 Å². The molecule has 0 fully saturated rings. The van der Waals surface area contributed by atoms with E-state index in [4.69, 9.17) is 0 Å². The van der Waals surface area contributed by atoms with Crippen LogP contribution in [0.4, 0.5) is 8.78 Å². The summed E-state index contributed by atoms with van der Waals surface area (Å²) in [5.74, 6) is -1.28. The fourth-order valence-electron chi connectivity index (χ4n) is 2.87. The Bertz CT molecular complexity index is 1030. The zero-order valence-corrected chi connectivity index (χ0v) is 15.0. The predicted molar refractivity (Wildman–Crippen MR) is 101 cm³/mol. The van der Waals surface area contributed by atoms with Gasteiger partial charge in [0.05, 0.1) is 0 Å². The number of hydrogen-bond donors (Lipinski definition) is 1. The van der Waals surface area contributed by atoms with E-state index in [1.54, 1.807) is 35.9 Å².